The number of benzene rings is 2. The molecule has 2 aromatic rings. The second kappa shape index (κ2) is 16.0. The molecule has 44 heavy (non-hydrogen) atoms. The molecule has 0 spiro atoms. The number of fused-ring (bicyclic) bond motifs is 1. The molecule has 0 aliphatic carbocycles. The Morgan fingerprint density at radius 3 is 2.48 bits per heavy atom. The lowest BCUT2D eigenvalue weighted by molar-refractivity contribution is -0.142. The fraction of sp³-hybridized carbons (Fsp3) is 0.433. The Kier molecular flexibility index (Phi) is 13.0. The summed E-state index contributed by atoms with van der Waals surface area (Å²) in [6.07, 6.45) is 0.691. The number of aliphatic carboxylic acids is 1. The maximum absolute atomic E-state index is 14.3. The highest BCUT2D eigenvalue weighted by Crippen LogP contribution is 2.35. The SMILES string of the molecule is CSCC[C@H](NC(=O)CN1C(=O)C(N(C)C(=O)C(N)CSSC(C)(C)C)N=C(c2ccccc2)c2cc(Cl)ccc21)C(=O)O. The molecule has 0 radical (unpaired) electrons. The van der Waals surface area contributed by atoms with E-state index in [0.717, 1.165) is 0 Å². The Morgan fingerprint density at radius 2 is 1.86 bits per heavy atom. The molecular weight excluding hydrogens is 642 g/mol. The van der Waals surface area contributed by atoms with Gasteiger partial charge in [0, 0.05) is 33.7 Å². The monoisotopic (exact) mass is 679 g/mol. The van der Waals surface area contributed by atoms with Crippen LogP contribution in [0.25, 0.3) is 0 Å². The number of rotatable bonds is 13. The van der Waals surface area contributed by atoms with Crippen LogP contribution in [0.3, 0.4) is 0 Å². The number of halogens is 1. The first-order valence-corrected chi connectivity index (χ1v) is 17.9. The summed E-state index contributed by atoms with van der Waals surface area (Å²) in [6.45, 7) is 5.68. The van der Waals surface area contributed by atoms with E-state index in [2.05, 4.69) is 26.1 Å². The summed E-state index contributed by atoms with van der Waals surface area (Å²) in [5.41, 5.74) is 8.19. The zero-order chi connectivity index (χ0) is 32.6. The molecule has 0 saturated carbocycles. The smallest absolute Gasteiger partial charge is 0.326 e. The quantitative estimate of drug-likeness (QED) is 0.266. The van der Waals surface area contributed by atoms with Gasteiger partial charge in [0.05, 0.1) is 17.4 Å². The van der Waals surface area contributed by atoms with Crippen LogP contribution >= 0.6 is 45.0 Å². The van der Waals surface area contributed by atoms with Gasteiger partial charge in [-0.1, -0.05) is 84.3 Å². The van der Waals surface area contributed by atoms with E-state index in [1.165, 1.54) is 39.4 Å². The van der Waals surface area contributed by atoms with Gasteiger partial charge in [0.25, 0.3) is 5.91 Å². The van der Waals surface area contributed by atoms with Crippen molar-refractivity contribution in [1.29, 1.82) is 0 Å². The average molecular weight is 680 g/mol. The number of hydrogen-bond donors (Lipinski definition) is 3. The number of carbonyl (C=O) groups is 4. The number of hydrogen-bond acceptors (Lipinski definition) is 9. The lowest BCUT2D eigenvalue weighted by Gasteiger charge is -2.30. The van der Waals surface area contributed by atoms with Crippen LogP contribution in [0.5, 0.6) is 0 Å². The number of benzodiazepines with no additional fused rings is 1. The summed E-state index contributed by atoms with van der Waals surface area (Å²) in [7, 11) is 4.54. The van der Waals surface area contributed by atoms with Crippen molar-refractivity contribution in [2.75, 3.05) is 36.3 Å². The van der Waals surface area contributed by atoms with Crippen LogP contribution < -0.4 is 16.0 Å². The van der Waals surface area contributed by atoms with Gasteiger partial charge in [0.2, 0.25) is 18.0 Å². The predicted molar refractivity (Wildman–Crippen MR) is 183 cm³/mol. The number of carboxylic acid groups (broad SMARTS) is 1. The van der Waals surface area contributed by atoms with Gasteiger partial charge in [0.15, 0.2) is 0 Å². The van der Waals surface area contributed by atoms with Crippen molar-refractivity contribution in [3.05, 3.63) is 64.7 Å². The summed E-state index contributed by atoms with van der Waals surface area (Å²) in [5.74, 6) is -2.14. The first-order valence-electron chi connectivity index (χ1n) is 13.8. The largest absolute Gasteiger partial charge is 0.480 e. The lowest BCUT2D eigenvalue weighted by atomic mass is 10.00. The van der Waals surface area contributed by atoms with Crippen molar-refractivity contribution in [3.8, 4) is 0 Å². The van der Waals surface area contributed by atoms with Gasteiger partial charge in [0.1, 0.15) is 12.6 Å². The van der Waals surface area contributed by atoms with Gasteiger partial charge in [-0.3, -0.25) is 19.3 Å². The Balaban J connectivity index is 2.04. The molecule has 4 N–H and O–H groups in total. The fourth-order valence-corrected chi connectivity index (χ4v) is 7.35. The van der Waals surface area contributed by atoms with Crippen molar-refractivity contribution in [1.82, 2.24) is 10.2 Å². The molecule has 1 heterocycles. The van der Waals surface area contributed by atoms with Crippen molar-refractivity contribution >= 4 is 80.0 Å². The molecule has 3 amide bonds. The van der Waals surface area contributed by atoms with Gasteiger partial charge in [-0.25, -0.2) is 9.79 Å². The predicted octanol–water partition coefficient (Wildman–Crippen LogP) is 4.14. The van der Waals surface area contributed by atoms with Crippen LogP contribution in [0, 0.1) is 0 Å². The maximum Gasteiger partial charge on any atom is 0.326 e. The van der Waals surface area contributed by atoms with Crippen LogP contribution in [0.1, 0.15) is 38.3 Å². The van der Waals surface area contributed by atoms with Crippen LogP contribution in [0.2, 0.25) is 5.02 Å². The number of nitrogens with zero attached hydrogens (tertiary/aromatic N) is 3. The molecule has 0 bridgehead atoms. The fourth-order valence-electron chi connectivity index (χ4n) is 4.29. The highest BCUT2D eigenvalue weighted by Gasteiger charge is 2.38. The van der Waals surface area contributed by atoms with Crippen LogP contribution in [0.4, 0.5) is 5.69 Å². The minimum atomic E-state index is -1.37. The second-order valence-electron chi connectivity index (χ2n) is 11.1. The molecule has 3 rings (SSSR count). The van der Waals surface area contributed by atoms with E-state index in [1.54, 1.807) is 29.0 Å². The Labute approximate surface area is 275 Å². The summed E-state index contributed by atoms with van der Waals surface area (Å²) < 4.78 is -0.0331. The third-order valence-electron chi connectivity index (χ3n) is 6.42. The molecule has 2 unspecified atom stereocenters. The average Bonchev–Trinajstić information content (AvgIpc) is 3.08. The van der Waals surface area contributed by atoms with Gasteiger partial charge in [-0.15, -0.1) is 0 Å². The highest BCUT2D eigenvalue weighted by molar-refractivity contribution is 8.77. The Bertz CT molecular complexity index is 1390. The molecule has 14 heteroatoms. The Morgan fingerprint density at radius 1 is 1.18 bits per heavy atom. The molecule has 238 valence electrons. The summed E-state index contributed by atoms with van der Waals surface area (Å²) in [4.78, 5) is 60.1. The van der Waals surface area contributed by atoms with Gasteiger partial charge < -0.3 is 21.1 Å². The molecule has 3 atom stereocenters. The van der Waals surface area contributed by atoms with Gasteiger partial charge in [-0.2, -0.15) is 11.8 Å². The molecule has 0 aromatic heterocycles. The van der Waals surface area contributed by atoms with E-state index in [-0.39, 0.29) is 11.2 Å². The first kappa shape index (κ1) is 35.8. The molecule has 1 aliphatic rings. The van der Waals surface area contributed by atoms with Crippen molar-refractivity contribution in [3.63, 3.8) is 0 Å². The number of amides is 3. The normalized spacial score (nSPS) is 16.3. The lowest BCUT2D eigenvalue weighted by Crippen LogP contribution is -2.55. The molecule has 10 nitrogen and oxygen atoms in total. The second-order valence-corrected chi connectivity index (χ2v) is 15.7. The first-order chi connectivity index (χ1) is 20.7. The third-order valence-corrected chi connectivity index (χ3v) is 10.7. The van der Waals surface area contributed by atoms with Crippen LogP contribution in [-0.2, 0) is 19.2 Å². The minimum absolute atomic E-state index is 0.0331. The van der Waals surface area contributed by atoms with E-state index in [9.17, 15) is 24.3 Å². The van der Waals surface area contributed by atoms with Crippen LogP contribution in [-0.4, -0.2) is 93.8 Å². The molecule has 0 fully saturated rings. The van der Waals surface area contributed by atoms with Crippen molar-refractivity contribution < 1.29 is 24.3 Å². The zero-order valence-corrected chi connectivity index (χ0v) is 28.5. The number of nitrogens with two attached hydrogens (primary N) is 1. The van der Waals surface area contributed by atoms with E-state index >= 15 is 0 Å². The number of thioether (sulfide) groups is 1. The number of carbonyl (C=O) groups excluding carboxylic acids is 3. The molecule has 0 saturated heterocycles. The number of aliphatic imine (C=N–C) groups is 1. The van der Waals surface area contributed by atoms with E-state index in [1.807, 2.05) is 36.6 Å². The van der Waals surface area contributed by atoms with Crippen molar-refractivity contribution in [2.24, 2.45) is 10.7 Å². The maximum atomic E-state index is 14.3. The van der Waals surface area contributed by atoms with E-state index < -0.39 is 48.5 Å². The summed E-state index contributed by atoms with van der Waals surface area (Å²) in [6, 6.07) is 12.0. The summed E-state index contributed by atoms with van der Waals surface area (Å²) in [5, 5.41) is 12.5. The van der Waals surface area contributed by atoms with E-state index in [4.69, 9.17) is 22.3 Å². The highest BCUT2D eigenvalue weighted by atomic mass is 35.5. The zero-order valence-electron chi connectivity index (χ0n) is 25.3. The summed E-state index contributed by atoms with van der Waals surface area (Å²) >= 11 is 7.87. The van der Waals surface area contributed by atoms with E-state index in [0.29, 0.717) is 39.1 Å². The number of nitrogens with one attached hydrogen (secondary N) is 1. The number of carboxylic acids is 1. The minimum Gasteiger partial charge on any atom is -0.480 e. The molecule has 2 aromatic carbocycles. The van der Waals surface area contributed by atoms with Crippen molar-refractivity contribution in [2.45, 2.75) is 50.2 Å². The van der Waals surface area contributed by atoms with Gasteiger partial charge in [-0.05, 0) is 36.6 Å². The standard InChI is InChI=1S/C30H38ClN5O5S3/c1-30(2,3)44-43-17-21(32)27(38)35(4)26-28(39)36(16-24(37)33-22(29(40)41)13-14-42-5)23-12-11-19(31)15-20(23)25(34-26)18-9-7-6-8-10-18/h6-12,15,21-22,26H,13-14,16-17,32H2,1-5H3,(H,33,37)(H,40,41)/t21?,22-,26?/m0/s1. The Hall–Kier alpha value is -2.71. The number of likely N-dealkylation sites (N-methyl/N-ethyl adjacent to an activating group) is 1. The third kappa shape index (κ3) is 9.64. The topological polar surface area (TPSA) is 145 Å². The van der Waals surface area contributed by atoms with Crippen LogP contribution in [0.15, 0.2) is 53.5 Å². The number of anilines is 1. The molecular formula is C30H38ClN5O5S3. The van der Waals surface area contributed by atoms with Gasteiger partial charge >= 0.3 is 5.97 Å². The molecule has 1 aliphatic heterocycles.